The molecule has 2 unspecified atom stereocenters. The summed E-state index contributed by atoms with van der Waals surface area (Å²) >= 11 is 0. The van der Waals surface area contributed by atoms with Crippen LogP contribution in [0.2, 0.25) is 0 Å². The summed E-state index contributed by atoms with van der Waals surface area (Å²) in [6.07, 6.45) is 0.866. The molecule has 1 amide bonds. The van der Waals surface area contributed by atoms with Gasteiger partial charge in [-0.3, -0.25) is 4.79 Å². The van der Waals surface area contributed by atoms with Crippen molar-refractivity contribution in [2.24, 2.45) is 17.8 Å². The predicted molar refractivity (Wildman–Crippen MR) is 67.1 cm³/mol. The number of nitrogens with one attached hydrogen (secondary N) is 1. The lowest BCUT2D eigenvalue weighted by Crippen LogP contribution is -2.34. The van der Waals surface area contributed by atoms with Crippen molar-refractivity contribution < 1.29 is 9.90 Å². The molecule has 0 heterocycles. The van der Waals surface area contributed by atoms with Gasteiger partial charge in [-0.1, -0.05) is 34.6 Å². The van der Waals surface area contributed by atoms with Gasteiger partial charge in [0, 0.05) is 13.0 Å². The first-order chi connectivity index (χ1) is 7.32. The van der Waals surface area contributed by atoms with Crippen molar-refractivity contribution in [2.75, 3.05) is 6.54 Å². The van der Waals surface area contributed by atoms with Crippen molar-refractivity contribution in [1.82, 2.24) is 5.32 Å². The number of carbonyl (C=O) groups excluding carboxylic acids is 1. The van der Waals surface area contributed by atoms with E-state index in [1.54, 1.807) is 0 Å². The van der Waals surface area contributed by atoms with Gasteiger partial charge in [-0.2, -0.15) is 0 Å². The number of aliphatic hydroxyl groups excluding tert-OH is 1. The van der Waals surface area contributed by atoms with E-state index in [1.807, 2.05) is 0 Å². The fraction of sp³-hybridized carbons (Fsp3) is 0.923. The van der Waals surface area contributed by atoms with Crippen LogP contribution in [0.3, 0.4) is 0 Å². The van der Waals surface area contributed by atoms with Gasteiger partial charge in [-0.15, -0.1) is 0 Å². The first-order valence-electron chi connectivity index (χ1n) is 6.27. The Morgan fingerprint density at radius 2 is 1.75 bits per heavy atom. The molecule has 0 saturated heterocycles. The molecule has 3 nitrogen and oxygen atoms in total. The molecule has 0 saturated carbocycles. The second-order valence-corrected chi connectivity index (χ2v) is 5.51. The van der Waals surface area contributed by atoms with E-state index in [0.717, 1.165) is 6.42 Å². The molecule has 96 valence electrons. The summed E-state index contributed by atoms with van der Waals surface area (Å²) in [7, 11) is 0. The summed E-state index contributed by atoms with van der Waals surface area (Å²) in [4.78, 5) is 11.5. The first-order valence-corrected chi connectivity index (χ1v) is 6.27. The Labute approximate surface area is 99.6 Å². The molecule has 0 radical (unpaired) electrons. The second-order valence-electron chi connectivity index (χ2n) is 5.51. The van der Waals surface area contributed by atoms with Crippen molar-refractivity contribution in [2.45, 2.75) is 53.6 Å². The lowest BCUT2D eigenvalue weighted by molar-refractivity contribution is -0.122. The monoisotopic (exact) mass is 229 g/mol. The third-order valence-corrected chi connectivity index (χ3v) is 2.92. The van der Waals surface area contributed by atoms with E-state index < -0.39 is 6.10 Å². The van der Waals surface area contributed by atoms with Crippen LogP contribution in [-0.2, 0) is 4.79 Å². The number of hydrogen-bond acceptors (Lipinski definition) is 2. The van der Waals surface area contributed by atoms with E-state index in [2.05, 4.69) is 39.9 Å². The zero-order chi connectivity index (χ0) is 12.7. The van der Waals surface area contributed by atoms with E-state index >= 15 is 0 Å². The van der Waals surface area contributed by atoms with Gasteiger partial charge in [0.2, 0.25) is 5.91 Å². The molecule has 2 N–H and O–H groups in total. The summed E-state index contributed by atoms with van der Waals surface area (Å²) in [5, 5.41) is 12.4. The maximum absolute atomic E-state index is 11.5. The highest BCUT2D eigenvalue weighted by molar-refractivity contribution is 5.76. The summed E-state index contributed by atoms with van der Waals surface area (Å²) in [6, 6.07) is 0. The molecule has 0 rings (SSSR count). The minimum Gasteiger partial charge on any atom is -0.391 e. The predicted octanol–water partition coefficient (Wildman–Crippen LogP) is 2.19. The fourth-order valence-corrected chi connectivity index (χ4v) is 1.46. The highest BCUT2D eigenvalue weighted by Crippen LogP contribution is 2.13. The smallest absolute Gasteiger partial charge is 0.220 e. The molecule has 0 aliphatic rings. The minimum atomic E-state index is -0.418. The van der Waals surface area contributed by atoms with Gasteiger partial charge in [0.05, 0.1) is 6.10 Å². The Kier molecular flexibility index (Phi) is 7.39. The standard InChI is InChI=1S/C13H27NO2/c1-9(2)6-12(15)8-14-13(16)7-11(5)10(3)4/h9-12,15H,6-8H2,1-5H3,(H,14,16). The van der Waals surface area contributed by atoms with Crippen LogP contribution in [-0.4, -0.2) is 23.7 Å². The van der Waals surface area contributed by atoms with Crippen LogP contribution in [0.4, 0.5) is 0 Å². The Morgan fingerprint density at radius 1 is 1.19 bits per heavy atom. The van der Waals surface area contributed by atoms with Gasteiger partial charge in [0.25, 0.3) is 0 Å². The maximum Gasteiger partial charge on any atom is 0.220 e. The summed E-state index contributed by atoms with van der Waals surface area (Å²) in [5.74, 6) is 1.42. The number of rotatable bonds is 7. The van der Waals surface area contributed by atoms with Gasteiger partial charge >= 0.3 is 0 Å². The molecule has 0 aromatic carbocycles. The highest BCUT2D eigenvalue weighted by Gasteiger charge is 2.13. The third kappa shape index (κ3) is 7.69. The summed E-state index contributed by atoms with van der Waals surface area (Å²) in [6.45, 7) is 10.8. The third-order valence-electron chi connectivity index (χ3n) is 2.92. The molecule has 0 fully saturated rings. The van der Waals surface area contributed by atoms with Crippen molar-refractivity contribution in [3.8, 4) is 0 Å². The Bertz CT molecular complexity index is 202. The minimum absolute atomic E-state index is 0.0454. The van der Waals surface area contributed by atoms with Crippen LogP contribution in [0.1, 0.15) is 47.5 Å². The zero-order valence-electron chi connectivity index (χ0n) is 11.3. The number of carbonyl (C=O) groups is 1. The number of amides is 1. The van der Waals surface area contributed by atoms with Gasteiger partial charge in [0.15, 0.2) is 0 Å². The molecule has 2 atom stereocenters. The quantitative estimate of drug-likeness (QED) is 0.703. The molecular formula is C13H27NO2. The largest absolute Gasteiger partial charge is 0.391 e. The molecule has 0 spiro atoms. The first kappa shape index (κ1) is 15.4. The molecule has 0 aromatic heterocycles. The Hall–Kier alpha value is -0.570. The van der Waals surface area contributed by atoms with Crippen molar-refractivity contribution in [3.05, 3.63) is 0 Å². The zero-order valence-corrected chi connectivity index (χ0v) is 11.3. The summed E-state index contributed by atoms with van der Waals surface area (Å²) < 4.78 is 0. The van der Waals surface area contributed by atoms with Gasteiger partial charge in [-0.25, -0.2) is 0 Å². The number of hydrogen-bond donors (Lipinski definition) is 2. The van der Waals surface area contributed by atoms with Crippen molar-refractivity contribution in [1.29, 1.82) is 0 Å². The SMILES string of the molecule is CC(C)CC(O)CNC(=O)CC(C)C(C)C. The summed E-state index contributed by atoms with van der Waals surface area (Å²) in [5.41, 5.74) is 0. The van der Waals surface area contributed by atoms with Crippen LogP contribution >= 0.6 is 0 Å². The topological polar surface area (TPSA) is 49.3 Å². The Balaban J connectivity index is 3.73. The number of aliphatic hydroxyl groups is 1. The van der Waals surface area contributed by atoms with Gasteiger partial charge in [-0.05, 0) is 24.2 Å². The molecule has 16 heavy (non-hydrogen) atoms. The average Bonchev–Trinajstić information content (AvgIpc) is 2.13. The molecular weight excluding hydrogens is 202 g/mol. The van der Waals surface area contributed by atoms with Crippen LogP contribution in [0, 0.1) is 17.8 Å². The fourth-order valence-electron chi connectivity index (χ4n) is 1.46. The van der Waals surface area contributed by atoms with Crippen LogP contribution in [0.25, 0.3) is 0 Å². The second kappa shape index (κ2) is 7.66. The van der Waals surface area contributed by atoms with E-state index in [-0.39, 0.29) is 5.91 Å². The lowest BCUT2D eigenvalue weighted by atomic mass is 9.94. The van der Waals surface area contributed by atoms with E-state index in [0.29, 0.717) is 30.7 Å². The average molecular weight is 229 g/mol. The van der Waals surface area contributed by atoms with E-state index in [4.69, 9.17) is 0 Å². The van der Waals surface area contributed by atoms with E-state index in [1.165, 1.54) is 0 Å². The molecule has 0 bridgehead atoms. The molecule has 0 aliphatic carbocycles. The van der Waals surface area contributed by atoms with Crippen molar-refractivity contribution >= 4 is 5.91 Å². The lowest BCUT2D eigenvalue weighted by Gasteiger charge is -2.17. The van der Waals surface area contributed by atoms with Gasteiger partial charge in [0.1, 0.15) is 0 Å². The van der Waals surface area contributed by atoms with Crippen molar-refractivity contribution in [3.63, 3.8) is 0 Å². The molecule has 0 aromatic rings. The normalized spacial score (nSPS) is 15.2. The Morgan fingerprint density at radius 3 is 2.19 bits per heavy atom. The van der Waals surface area contributed by atoms with Crippen LogP contribution < -0.4 is 5.32 Å². The van der Waals surface area contributed by atoms with Crippen LogP contribution in [0.5, 0.6) is 0 Å². The molecule has 3 heteroatoms. The van der Waals surface area contributed by atoms with E-state index in [9.17, 15) is 9.90 Å². The van der Waals surface area contributed by atoms with Crippen LogP contribution in [0.15, 0.2) is 0 Å². The highest BCUT2D eigenvalue weighted by atomic mass is 16.3. The molecule has 0 aliphatic heterocycles. The maximum atomic E-state index is 11.5. The van der Waals surface area contributed by atoms with Gasteiger partial charge < -0.3 is 10.4 Å².